The van der Waals surface area contributed by atoms with Gasteiger partial charge in [0.25, 0.3) is 0 Å². The molecule has 0 aromatic rings. The number of hydrogen-bond acceptors (Lipinski definition) is 8. The molecule has 0 aromatic heterocycles. The van der Waals surface area contributed by atoms with Crippen LogP contribution in [0.2, 0.25) is 0 Å². The second-order valence-corrected chi connectivity index (χ2v) is 17.8. The monoisotopic (exact) mass is 834 g/mol. The normalized spacial score (nSPS) is 13.6. The fraction of sp³-hybridized carbons (Fsp3) is 0.933. The largest absolute Gasteiger partial charge is 0.480 e. The number of phosphoric ester groups is 1. The Morgan fingerprint density at radius 1 is 0.491 bits per heavy atom. The van der Waals surface area contributed by atoms with E-state index >= 15 is 0 Å². The molecule has 12 heteroatoms. The van der Waals surface area contributed by atoms with E-state index in [0.29, 0.717) is 12.8 Å². The van der Waals surface area contributed by atoms with Gasteiger partial charge in [-0.3, -0.25) is 18.6 Å². The van der Waals surface area contributed by atoms with Gasteiger partial charge < -0.3 is 25.2 Å². The van der Waals surface area contributed by atoms with Crippen molar-refractivity contribution >= 4 is 25.7 Å². The maximum Gasteiger partial charge on any atom is 0.472 e. The first kappa shape index (κ1) is 55.5. The highest BCUT2D eigenvalue weighted by Crippen LogP contribution is 2.43. The van der Waals surface area contributed by atoms with Gasteiger partial charge >= 0.3 is 19.8 Å². The number of aliphatic hydroxyl groups excluding tert-OH is 1. The van der Waals surface area contributed by atoms with E-state index in [-0.39, 0.29) is 12.8 Å². The molecule has 4 N–H and O–H groups in total. The number of rotatable bonds is 45. The molecule has 0 fully saturated rings. The van der Waals surface area contributed by atoms with Crippen LogP contribution < -0.4 is 5.32 Å². The van der Waals surface area contributed by atoms with Crippen LogP contribution in [0.15, 0.2) is 0 Å². The molecule has 0 saturated carbocycles. The van der Waals surface area contributed by atoms with Crippen molar-refractivity contribution in [3.63, 3.8) is 0 Å². The maximum atomic E-state index is 12.3. The Balaban J connectivity index is 3.83. The molecule has 0 bridgehead atoms. The van der Waals surface area contributed by atoms with Gasteiger partial charge in [0.1, 0.15) is 12.7 Å². The van der Waals surface area contributed by atoms with Crippen molar-refractivity contribution in [3.05, 3.63) is 0 Å². The van der Waals surface area contributed by atoms with Gasteiger partial charge in [-0.15, -0.1) is 0 Å². The number of unbranched alkanes of at least 4 members (excludes halogenated alkanes) is 31. The number of esters is 1. The van der Waals surface area contributed by atoms with Crippen LogP contribution in [-0.4, -0.2) is 64.9 Å². The molecule has 0 heterocycles. The summed E-state index contributed by atoms with van der Waals surface area (Å²) in [6.45, 7) is 2.64. The average Bonchev–Trinajstić information content (AvgIpc) is 3.18. The number of hydrogen-bond donors (Lipinski definition) is 4. The topological polar surface area (TPSA) is 169 Å². The second kappa shape index (κ2) is 41.2. The van der Waals surface area contributed by atoms with Crippen LogP contribution in [0.5, 0.6) is 0 Å². The lowest BCUT2D eigenvalue weighted by molar-refractivity contribution is -0.147. The Morgan fingerprint density at radius 2 is 0.807 bits per heavy atom. The summed E-state index contributed by atoms with van der Waals surface area (Å²) in [5.74, 6) is -2.35. The van der Waals surface area contributed by atoms with Crippen molar-refractivity contribution in [1.29, 1.82) is 0 Å². The lowest BCUT2D eigenvalue weighted by Crippen LogP contribution is -2.43. The number of amides is 1. The molecule has 0 radical (unpaired) electrons. The Morgan fingerprint density at radius 3 is 1.16 bits per heavy atom. The van der Waals surface area contributed by atoms with Crippen molar-refractivity contribution < 1.29 is 47.8 Å². The molecule has 0 aliphatic heterocycles. The van der Waals surface area contributed by atoms with E-state index in [9.17, 15) is 34.1 Å². The number of carbonyl (C=O) groups excluding carboxylic acids is 2. The summed E-state index contributed by atoms with van der Waals surface area (Å²) in [7, 11) is -4.75. The summed E-state index contributed by atoms with van der Waals surface area (Å²) in [5, 5.41) is 21.9. The molecule has 11 nitrogen and oxygen atoms in total. The number of carboxylic acid groups (broad SMARTS) is 1. The molecule has 0 aromatic carbocycles. The summed E-state index contributed by atoms with van der Waals surface area (Å²) in [5.41, 5.74) is 0. The molecular weight excluding hydrogens is 745 g/mol. The predicted octanol–water partition coefficient (Wildman–Crippen LogP) is 12.3. The van der Waals surface area contributed by atoms with Gasteiger partial charge in [-0.2, -0.15) is 0 Å². The maximum absolute atomic E-state index is 12.3. The molecule has 0 saturated heterocycles. The highest BCUT2D eigenvalue weighted by atomic mass is 31.2. The number of aliphatic carboxylic acids is 1. The summed E-state index contributed by atoms with van der Waals surface area (Å²) in [6, 6.07) is -1.54. The van der Waals surface area contributed by atoms with E-state index < -0.39 is 57.6 Å². The Labute approximate surface area is 348 Å². The van der Waals surface area contributed by atoms with Crippen molar-refractivity contribution in [2.45, 2.75) is 251 Å². The fourth-order valence-corrected chi connectivity index (χ4v) is 7.74. The van der Waals surface area contributed by atoms with Crippen molar-refractivity contribution in [2.24, 2.45) is 0 Å². The third-order valence-corrected chi connectivity index (χ3v) is 11.6. The van der Waals surface area contributed by atoms with Crippen molar-refractivity contribution in [1.82, 2.24) is 5.32 Å². The van der Waals surface area contributed by atoms with Gasteiger partial charge in [-0.1, -0.05) is 213 Å². The zero-order valence-corrected chi connectivity index (χ0v) is 37.6. The minimum atomic E-state index is -4.75. The van der Waals surface area contributed by atoms with Crippen LogP contribution in [0.25, 0.3) is 0 Å². The average molecular weight is 834 g/mol. The lowest BCUT2D eigenvalue weighted by Gasteiger charge is -2.18. The number of carboxylic acids is 1. The number of nitrogens with one attached hydrogen (secondary N) is 1. The first-order valence-electron chi connectivity index (χ1n) is 23.6. The van der Waals surface area contributed by atoms with Crippen LogP contribution in [-0.2, 0) is 32.7 Å². The van der Waals surface area contributed by atoms with Gasteiger partial charge in [-0.05, 0) is 12.8 Å². The van der Waals surface area contributed by atoms with Crippen molar-refractivity contribution in [2.75, 3.05) is 19.8 Å². The standard InChI is InChI=1S/C45H88NO10P/c1-3-5-7-9-11-13-15-17-19-21-22-24-26-28-30-32-34-36-43(48)46-42(45(50)51)40-56-57(52,53)55-39-41(47)38-54-44(49)37-35-33-31-29-27-25-23-20-18-16-14-12-10-8-6-4-2/h41-42,47H,3-40H2,1-2H3,(H,46,48)(H,50,51)(H,52,53). The Bertz CT molecular complexity index is 984. The van der Waals surface area contributed by atoms with E-state index in [4.69, 9.17) is 13.8 Å². The second-order valence-electron chi connectivity index (χ2n) is 16.3. The van der Waals surface area contributed by atoms with Crippen LogP contribution in [0.3, 0.4) is 0 Å². The molecular formula is C45H88NO10P. The van der Waals surface area contributed by atoms with Crippen LogP contribution in [0.4, 0.5) is 0 Å². The van der Waals surface area contributed by atoms with Crippen LogP contribution in [0, 0.1) is 0 Å². The SMILES string of the molecule is CCCCCCCCCCCCCCCCCCCC(=O)NC(COP(=O)(O)OCC(O)COC(=O)CCCCCCCCCCCCCCCCCC)C(=O)O. The summed E-state index contributed by atoms with van der Waals surface area (Å²) in [6.07, 6.45) is 39.8. The molecule has 0 aliphatic carbocycles. The molecule has 1 amide bonds. The van der Waals surface area contributed by atoms with Crippen LogP contribution >= 0.6 is 7.82 Å². The van der Waals surface area contributed by atoms with E-state index in [0.717, 1.165) is 38.5 Å². The first-order valence-corrected chi connectivity index (χ1v) is 25.1. The smallest absolute Gasteiger partial charge is 0.472 e. The highest BCUT2D eigenvalue weighted by molar-refractivity contribution is 7.47. The molecule has 0 spiro atoms. The third-order valence-electron chi connectivity index (χ3n) is 10.6. The summed E-state index contributed by atoms with van der Waals surface area (Å²) < 4.78 is 26.9. The first-order chi connectivity index (χ1) is 27.6. The van der Waals surface area contributed by atoms with Crippen molar-refractivity contribution in [3.8, 4) is 0 Å². The fourth-order valence-electron chi connectivity index (χ4n) is 6.96. The number of carbonyl (C=O) groups is 3. The quantitative estimate of drug-likeness (QED) is 0.0263. The Kier molecular flexibility index (Phi) is 40.1. The molecule has 338 valence electrons. The Hall–Kier alpha value is -1.52. The molecule has 3 unspecified atom stereocenters. The number of ether oxygens (including phenoxy) is 1. The zero-order chi connectivity index (χ0) is 42.1. The predicted molar refractivity (Wildman–Crippen MR) is 231 cm³/mol. The molecule has 3 atom stereocenters. The lowest BCUT2D eigenvalue weighted by atomic mass is 10.0. The number of aliphatic hydroxyl groups is 1. The highest BCUT2D eigenvalue weighted by Gasteiger charge is 2.28. The van der Waals surface area contributed by atoms with Gasteiger partial charge in [-0.25, -0.2) is 9.36 Å². The van der Waals surface area contributed by atoms with Gasteiger partial charge in [0, 0.05) is 12.8 Å². The summed E-state index contributed by atoms with van der Waals surface area (Å²) >= 11 is 0. The van der Waals surface area contributed by atoms with E-state index in [2.05, 4.69) is 19.2 Å². The zero-order valence-electron chi connectivity index (χ0n) is 36.7. The van der Waals surface area contributed by atoms with Gasteiger partial charge in [0.15, 0.2) is 6.04 Å². The minimum Gasteiger partial charge on any atom is -0.480 e. The van der Waals surface area contributed by atoms with E-state index in [1.54, 1.807) is 0 Å². The van der Waals surface area contributed by atoms with E-state index in [1.165, 1.54) is 161 Å². The summed E-state index contributed by atoms with van der Waals surface area (Å²) in [4.78, 5) is 46.0. The number of phosphoric acid groups is 1. The molecule has 0 rings (SSSR count). The minimum absolute atomic E-state index is 0.153. The molecule has 57 heavy (non-hydrogen) atoms. The van der Waals surface area contributed by atoms with Gasteiger partial charge in [0.2, 0.25) is 5.91 Å². The van der Waals surface area contributed by atoms with E-state index in [1.807, 2.05) is 0 Å². The molecule has 0 aliphatic rings. The van der Waals surface area contributed by atoms with Crippen LogP contribution in [0.1, 0.15) is 239 Å². The van der Waals surface area contributed by atoms with Gasteiger partial charge in [0.05, 0.1) is 13.2 Å². The third kappa shape index (κ3) is 41.0.